The van der Waals surface area contributed by atoms with Crippen molar-refractivity contribution in [2.24, 2.45) is 0 Å². The van der Waals surface area contributed by atoms with E-state index in [0.717, 1.165) is 18.5 Å². The SMILES string of the molecule is CC[C@@H](CC=O)Oc1ccc(C)cc1. The highest BCUT2D eigenvalue weighted by Crippen LogP contribution is 2.15. The van der Waals surface area contributed by atoms with E-state index in [1.54, 1.807) is 0 Å². The van der Waals surface area contributed by atoms with E-state index < -0.39 is 0 Å². The lowest BCUT2D eigenvalue weighted by molar-refractivity contribution is -0.109. The van der Waals surface area contributed by atoms with Gasteiger partial charge in [0.15, 0.2) is 0 Å². The van der Waals surface area contributed by atoms with Crippen LogP contribution in [0.2, 0.25) is 0 Å². The van der Waals surface area contributed by atoms with Gasteiger partial charge in [-0.15, -0.1) is 0 Å². The van der Waals surface area contributed by atoms with Crippen molar-refractivity contribution in [2.75, 3.05) is 0 Å². The van der Waals surface area contributed by atoms with E-state index in [9.17, 15) is 4.79 Å². The molecule has 0 N–H and O–H groups in total. The molecule has 1 atom stereocenters. The number of hydrogen-bond acceptors (Lipinski definition) is 2. The first-order valence-corrected chi connectivity index (χ1v) is 4.93. The molecule has 0 amide bonds. The molecular formula is C12H16O2. The third kappa shape index (κ3) is 3.21. The highest BCUT2D eigenvalue weighted by atomic mass is 16.5. The predicted molar refractivity (Wildman–Crippen MR) is 56.6 cm³/mol. The molecule has 0 unspecified atom stereocenters. The zero-order chi connectivity index (χ0) is 10.4. The zero-order valence-electron chi connectivity index (χ0n) is 8.69. The minimum atomic E-state index is 0.00945. The number of ether oxygens (including phenoxy) is 1. The lowest BCUT2D eigenvalue weighted by Crippen LogP contribution is -2.15. The molecule has 2 nitrogen and oxygen atoms in total. The molecule has 0 radical (unpaired) electrons. The van der Waals surface area contributed by atoms with E-state index in [-0.39, 0.29) is 6.10 Å². The van der Waals surface area contributed by atoms with Gasteiger partial charge in [0, 0.05) is 6.42 Å². The minimum Gasteiger partial charge on any atom is -0.490 e. The Bertz CT molecular complexity index is 277. The van der Waals surface area contributed by atoms with Crippen LogP contribution >= 0.6 is 0 Å². The maximum atomic E-state index is 10.3. The van der Waals surface area contributed by atoms with Gasteiger partial charge < -0.3 is 9.53 Å². The molecule has 0 heterocycles. The molecule has 0 aromatic heterocycles. The monoisotopic (exact) mass is 192 g/mol. The van der Waals surface area contributed by atoms with Crippen LogP contribution in [0.3, 0.4) is 0 Å². The molecule has 0 aliphatic rings. The fourth-order valence-corrected chi connectivity index (χ4v) is 1.21. The van der Waals surface area contributed by atoms with Crippen LogP contribution in [0, 0.1) is 6.92 Å². The van der Waals surface area contributed by atoms with Crippen molar-refractivity contribution in [1.82, 2.24) is 0 Å². The summed E-state index contributed by atoms with van der Waals surface area (Å²) in [5, 5.41) is 0. The van der Waals surface area contributed by atoms with E-state index in [0.29, 0.717) is 6.42 Å². The summed E-state index contributed by atoms with van der Waals surface area (Å²) in [5.41, 5.74) is 1.21. The molecule has 2 heteroatoms. The molecule has 1 aromatic rings. The molecule has 14 heavy (non-hydrogen) atoms. The first-order chi connectivity index (χ1) is 6.76. The van der Waals surface area contributed by atoms with Crippen LogP contribution in [0.1, 0.15) is 25.3 Å². The Balaban J connectivity index is 2.57. The maximum absolute atomic E-state index is 10.3. The number of carbonyl (C=O) groups excluding carboxylic acids is 1. The molecule has 0 aliphatic carbocycles. The topological polar surface area (TPSA) is 26.3 Å². The second-order valence-corrected chi connectivity index (χ2v) is 3.36. The summed E-state index contributed by atoms with van der Waals surface area (Å²) < 4.78 is 5.63. The van der Waals surface area contributed by atoms with Crippen molar-refractivity contribution in [2.45, 2.75) is 32.8 Å². The number of rotatable bonds is 5. The second-order valence-electron chi connectivity index (χ2n) is 3.36. The Morgan fingerprint density at radius 3 is 2.50 bits per heavy atom. The first-order valence-electron chi connectivity index (χ1n) is 4.93. The Morgan fingerprint density at radius 1 is 1.36 bits per heavy atom. The average molecular weight is 192 g/mol. The fourth-order valence-electron chi connectivity index (χ4n) is 1.21. The van der Waals surface area contributed by atoms with Gasteiger partial charge in [0.1, 0.15) is 18.1 Å². The van der Waals surface area contributed by atoms with Gasteiger partial charge in [-0.05, 0) is 25.5 Å². The van der Waals surface area contributed by atoms with Crippen molar-refractivity contribution in [1.29, 1.82) is 0 Å². The molecule has 0 bridgehead atoms. The number of aldehydes is 1. The van der Waals surface area contributed by atoms with Crippen molar-refractivity contribution < 1.29 is 9.53 Å². The summed E-state index contributed by atoms with van der Waals surface area (Å²) in [6, 6.07) is 7.87. The number of carbonyl (C=O) groups is 1. The van der Waals surface area contributed by atoms with Crippen LogP contribution in [-0.2, 0) is 4.79 Å². The number of aryl methyl sites for hydroxylation is 1. The maximum Gasteiger partial charge on any atom is 0.123 e. The molecule has 76 valence electrons. The van der Waals surface area contributed by atoms with Gasteiger partial charge >= 0.3 is 0 Å². The normalized spacial score (nSPS) is 12.1. The number of hydrogen-bond donors (Lipinski definition) is 0. The minimum absolute atomic E-state index is 0.00945. The molecule has 1 aromatic carbocycles. The van der Waals surface area contributed by atoms with Crippen molar-refractivity contribution in [3.63, 3.8) is 0 Å². The summed E-state index contributed by atoms with van der Waals surface area (Å²) in [7, 11) is 0. The third-order valence-corrected chi connectivity index (χ3v) is 2.14. The second kappa shape index (κ2) is 5.43. The Hall–Kier alpha value is -1.31. The molecule has 0 saturated heterocycles. The van der Waals surface area contributed by atoms with Gasteiger partial charge in [0.2, 0.25) is 0 Å². The van der Waals surface area contributed by atoms with Crippen LogP contribution in [0.25, 0.3) is 0 Å². The highest BCUT2D eigenvalue weighted by Gasteiger charge is 2.06. The summed E-state index contributed by atoms with van der Waals surface area (Å²) >= 11 is 0. The van der Waals surface area contributed by atoms with Crippen LogP contribution in [0.15, 0.2) is 24.3 Å². The van der Waals surface area contributed by atoms with E-state index in [4.69, 9.17) is 4.74 Å². The van der Waals surface area contributed by atoms with Crippen LogP contribution < -0.4 is 4.74 Å². The van der Waals surface area contributed by atoms with Gasteiger partial charge in [-0.2, -0.15) is 0 Å². The summed E-state index contributed by atoms with van der Waals surface area (Å²) in [4.78, 5) is 10.3. The van der Waals surface area contributed by atoms with Crippen LogP contribution in [0.5, 0.6) is 5.75 Å². The fraction of sp³-hybridized carbons (Fsp3) is 0.417. The largest absolute Gasteiger partial charge is 0.490 e. The van der Waals surface area contributed by atoms with Gasteiger partial charge in [-0.25, -0.2) is 0 Å². The Labute approximate surface area is 84.9 Å². The van der Waals surface area contributed by atoms with Gasteiger partial charge in [0.05, 0.1) is 0 Å². The first kappa shape index (κ1) is 10.8. The van der Waals surface area contributed by atoms with Crippen LogP contribution in [-0.4, -0.2) is 12.4 Å². The van der Waals surface area contributed by atoms with Crippen molar-refractivity contribution >= 4 is 6.29 Å². The summed E-state index contributed by atoms with van der Waals surface area (Å²) in [6.07, 6.45) is 2.23. The lowest BCUT2D eigenvalue weighted by Gasteiger charge is -2.14. The zero-order valence-corrected chi connectivity index (χ0v) is 8.69. The Kier molecular flexibility index (Phi) is 4.17. The average Bonchev–Trinajstić information content (AvgIpc) is 2.20. The van der Waals surface area contributed by atoms with E-state index in [1.165, 1.54) is 5.56 Å². The van der Waals surface area contributed by atoms with Crippen molar-refractivity contribution in [3.05, 3.63) is 29.8 Å². The smallest absolute Gasteiger partial charge is 0.123 e. The quantitative estimate of drug-likeness (QED) is 0.670. The Morgan fingerprint density at radius 2 is 2.00 bits per heavy atom. The van der Waals surface area contributed by atoms with Gasteiger partial charge in [0.25, 0.3) is 0 Å². The van der Waals surface area contributed by atoms with E-state index in [2.05, 4.69) is 0 Å². The molecule has 0 saturated carbocycles. The molecule has 1 rings (SSSR count). The third-order valence-electron chi connectivity index (χ3n) is 2.14. The molecular weight excluding hydrogens is 176 g/mol. The van der Waals surface area contributed by atoms with E-state index >= 15 is 0 Å². The lowest BCUT2D eigenvalue weighted by atomic mass is 10.2. The molecule has 0 fully saturated rings. The number of benzene rings is 1. The summed E-state index contributed by atoms with van der Waals surface area (Å²) in [6.45, 7) is 4.05. The predicted octanol–water partition coefficient (Wildman–Crippen LogP) is 2.74. The standard InChI is InChI=1S/C12H16O2/c1-3-11(8-9-13)14-12-6-4-10(2)5-7-12/h4-7,9,11H,3,8H2,1-2H3/t11-/m0/s1. The van der Waals surface area contributed by atoms with Gasteiger partial charge in [-0.3, -0.25) is 0 Å². The van der Waals surface area contributed by atoms with Crippen LogP contribution in [0.4, 0.5) is 0 Å². The summed E-state index contributed by atoms with van der Waals surface area (Å²) in [5.74, 6) is 0.837. The van der Waals surface area contributed by atoms with E-state index in [1.807, 2.05) is 38.1 Å². The van der Waals surface area contributed by atoms with Crippen molar-refractivity contribution in [3.8, 4) is 5.75 Å². The highest BCUT2D eigenvalue weighted by molar-refractivity contribution is 5.50. The van der Waals surface area contributed by atoms with Gasteiger partial charge in [-0.1, -0.05) is 24.6 Å². The molecule has 0 spiro atoms. The molecule has 0 aliphatic heterocycles.